The summed E-state index contributed by atoms with van der Waals surface area (Å²) in [5.74, 6) is 2.36. The molecule has 1 heterocycles. The van der Waals surface area contributed by atoms with Crippen LogP contribution in [0, 0.1) is 18.8 Å². The van der Waals surface area contributed by atoms with E-state index in [0.29, 0.717) is 10.0 Å². The Balaban J connectivity index is 1.65. The second-order valence-electron chi connectivity index (χ2n) is 6.70. The number of aryl methyl sites for hydroxylation is 1. The van der Waals surface area contributed by atoms with E-state index in [1.165, 1.54) is 37.4 Å². The summed E-state index contributed by atoms with van der Waals surface area (Å²) in [5.41, 5.74) is 0.891. The minimum atomic E-state index is 0.553. The molecule has 1 aromatic carbocycles. The molecule has 0 saturated heterocycles. The van der Waals surface area contributed by atoms with E-state index in [1.807, 2.05) is 19.1 Å². The summed E-state index contributed by atoms with van der Waals surface area (Å²) in [4.78, 5) is 10.1. The van der Waals surface area contributed by atoms with E-state index in [0.717, 1.165) is 39.8 Å². The fourth-order valence-corrected chi connectivity index (χ4v) is 4.58. The number of anilines is 1. The van der Waals surface area contributed by atoms with Crippen molar-refractivity contribution in [3.05, 3.63) is 40.1 Å². The Labute approximate surface area is 163 Å². The van der Waals surface area contributed by atoms with E-state index in [2.05, 4.69) is 22.2 Å². The van der Waals surface area contributed by atoms with Crippen molar-refractivity contribution in [3.63, 3.8) is 0 Å². The van der Waals surface area contributed by atoms with E-state index in [-0.39, 0.29) is 0 Å². The van der Waals surface area contributed by atoms with Crippen LogP contribution < -0.4 is 5.32 Å². The first-order valence-electron chi connectivity index (χ1n) is 8.74. The topological polar surface area (TPSA) is 37.8 Å². The average molecular weight is 396 g/mol. The molecule has 25 heavy (non-hydrogen) atoms. The average Bonchev–Trinajstić information content (AvgIpc) is 2.60. The molecule has 1 N–H and O–H groups in total. The Morgan fingerprint density at radius 3 is 2.80 bits per heavy atom. The fourth-order valence-electron chi connectivity index (χ4n) is 3.25. The van der Waals surface area contributed by atoms with Crippen molar-refractivity contribution in [2.24, 2.45) is 11.8 Å². The minimum absolute atomic E-state index is 0.553. The lowest BCUT2D eigenvalue weighted by molar-refractivity contribution is 0.268. The molecule has 1 aliphatic carbocycles. The molecule has 1 saturated carbocycles. The van der Waals surface area contributed by atoms with Crippen molar-refractivity contribution < 1.29 is 0 Å². The van der Waals surface area contributed by atoms with Gasteiger partial charge in [0, 0.05) is 11.4 Å². The summed E-state index contributed by atoms with van der Waals surface area (Å²) in [6, 6.07) is 5.61. The van der Waals surface area contributed by atoms with Crippen LogP contribution in [-0.2, 0) is 0 Å². The van der Waals surface area contributed by atoms with Crippen molar-refractivity contribution in [2.45, 2.75) is 49.5 Å². The third kappa shape index (κ3) is 4.81. The van der Waals surface area contributed by atoms with Gasteiger partial charge in [0.15, 0.2) is 0 Å². The van der Waals surface area contributed by atoms with Gasteiger partial charge in [-0.05, 0) is 37.3 Å². The third-order valence-electron chi connectivity index (χ3n) is 4.86. The zero-order valence-corrected chi connectivity index (χ0v) is 16.9. The maximum absolute atomic E-state index is 6.26. The standard InChI is InChI=1S/C19H23Cl2N3S/c1-12-6-3-4-7-14(12)10-22-17-11-23-19(13(2)24-17)25-16-9-5-8-15(20)18(16)21/h5,8-9,11-12,14H,3-4,6-7,10H2,1-2H3,(H,22,24)/t12-,14-/m0/s1. The van der Waals surface area contributed by atoms with Gasteiger partial charge in [0.05, 0.1) is 21.9 Å². The lowest BCUT2D eigenvalue weighted by Crippen LogP contribution is -2.24. The third-order valence-corrected chi connectivity index (χ3v) is 6.94. The largest absolute Gasteiger partial charge is 0.368 e. The number of rotatable bonds is 5. The van der Waals surface area contributed by atoms with Crippen LogP contribution in [-0.4, -0.2) is 16.5 Å². The predicted molar refractivity (Wildman–Crippen MR) is 107 cm³/mol. The zero-order chi connectivity index (χ0) is 17.8. The van der Waals surface area contributed by atoms with Gasteiger partial charge in [-0.15, -0.1) is 0 Å². The molecule has 6 heteroatoms. The fraction of sp³-hybridized carbons (Fsp3) is 0.474. The van der Waals surface area contributed by atoms with E-state index >= 15 is 0 Å². The maximum Gasteiger partial charge on any atom is 0.144 e. The van der Waals surface area contributed by atoms with Crippen molar-refractivity contribution >= 4 is 40.8 Å². The molecule has 3 rings (SSSR count). The second-order valence-corrected chi connectivity index (χ2v) is 8.52. The van der Waals surface area contributed by atoms with Gasteiger partial charge in [0.25, 0.3) is 0 Å². The molecule has 2 atom stereocenters. The summed E-state index contributed by atoms with van der Waals surface area (Å²) in [6.07, 6.45) is 7.17. The summed E-state index contributed by atoms with van der Waals surface area (Å²) >= 11 is 13.8. The molecule has 134 valence electrons. The first-order valence-corrected chi connectivity index (χ1v) is 10.3. The van der Waals surface area contributed by atoms with Crippen molar-refractivity contribution in [1.82, 2.24) is 9.97 Å². The molecule has 0 radical (unpaired) electrons. The monoisotopic (exact) mass is 395 g/mol. The van der Waals surface area contributed by atoms with Crippen LogP contribution in [0.3, 0.4) is 0 Å². The highest BCUT2D eigenvalue weighted by Crippen LogP contribution is 2.37. The van der Waals surface area contributed by atoms with Gasteiger partial charge in [0.1, 0.15) is 10.8 Å². The molecule has 0 amide bonds. The number of nitrogens with zero attached hydrogens (tertiary/aromatic N) is 2. The Kier molecular flexibility index (Phi) is 6.48. The molecule has 1 fully saturated rings. The molecule has 0 bridgehead atoms. The van der Waals surface area contributed by atoms with Crippen molar-refractivity contribution in [2.75, 3.05) is 11.9 Å². The molecule has 0 aliphatic heterocycles. The summed E-state index contributed by atoms with van der Waals surface area (Å²) in [7, 11) is 0. The van der Waals surface area contributed by atoms with Crippen LogP contribution in [0.1, 0.15) is 38.3 Å². The van der Waals surface area contributed by atoms with Crippen molar-refractivity contribution in [3.8, 4) is 0 Å². The number of benzene rings is 1. The Bertz CT molecular complexity index is 739. The summed E-state index contributed by atoms with van der Waals surface area (Å²) in [6.45, 7) is 5.31. The Morgan fingerprint density at radius 1 is 1.24 bits per heavy atom. The van der Waals surface area contributed by atoms with Gasteiger partial charge in [-0.2, -0.15) is 0 Å². The molecular formula is C19H23Cl2N3S. The zero-order valence-electron chi connectivity index (χ0n) is 14.6. The molecule has 1 aromatic heterocycles. The number of aromatic nitrogens is 2. The van der Waals surface area contributed by atoms with E-state index in [9.17, 15) is 0 Å². The maximum atomic E-state index is 6.26. The summed E-state index contributed by atoms with van der Waals surface area (Å²) in [5, 5.41) is 5.43. The number of hydrogen-bond acceptors (Lipinski definition) is 4. The van der Waals surface area contributed by atoms with Gasteiger partial charge in [-0.25, -0.2) is 9.97 Å². The van der Waals surface area contributed by atoms with Crippen LogP contribution in [0.4, 0.5) is 5.82 Å². The normalized spacial score (nSPS) is 20.5. The molecule has 2 aromatic rings. The number of halogens is 2. The molecular weight excluding hydrogens is 373 g/mol. The van der Waals surface area contributed by atoms with Gasteiger partial charge in [0.2, 0.25) is 0 Å². The van der Waals surface area contributed by atoms with Gasteiger partial charge in [-0.1, -0.05) is 67.2 Å². The Morgan fingerprint density at radius 2 is 2.04 bits per heavy atom. The SMILES string of the molecule is Cc1nc(NC[C@@H]2CCCC[C@@H]2C)cnc1Sc1cccc(Cl)c1Cl. The van der Waals surface area contributed by atoms with Crippen molar-refractivity contribution in [1.29, 1.82) is 0 Å². The van der Waals surface area contributed by atoms with E-state index < -0.39 is 0 Å². The first-order chi connectivity index (χ1) is 12.0. The molecule has 0 unspecified atom stereocenters. The number of hydrogen-bond donors (Lipinski definition) is 1. The highest BCUT2D eigenvalue weighted by Gasteiger charge is 2.21. The lowest BCUT2D eigenvalue weighted by Gasteiger charge is -2.28. The molecule has 1 aliphatic rings. The quantitative estimate of drug-likeness (QED) is 0.628. The molecule has 0 spiro atoms. The smallest absolute Gasteiger partial charge is 0.144 e. The molecule has 3 nitrogen and oxygen atoms in total. The second kappa shape index (κ2) is 8.61. The van der Waals surface area contributed by atoms with Gasteiger partial charge < -0.3 is 5.32 Å². The van der Waals surface area contributed by atoms with Gasteiger partial charge in [-0.3, -0.25) is 0 Å². The van der Waals surface area contributed by atoms with Crippen LogP contribution in [0.2, 0.25) is 10.0 Å². The highest BCUT2D eigenvalue weighted by molar-refractivity contribution is 7.99. The van der Waals surface area contributed by atoms with Crippen LogP contribution >= 0.6 is 35.0 Å². The van der Waals surface area contributed by atoms with E-state index in [1.54, 1.807) is 12.3 Å². The van der Waals surface area contributed by atoms with Crippen LogP contribution in [0.25, 0.3) is 0 Å². The first kappa shape index (κ1) is 18.8. The van der Waals surface area contributed by atoms with Crippen LogP contribution in [0.15, 0.2) is 34.3 Å². The minimum Gasteiger partial charge on any atom is -0.368 e. The predicted octanol–water partition coefficient (Wildman–Crippen LogP) is 6.48. The highest BCUT2D eigenvalue weighted by atomic mass is 35.5. The Hall–Kier alpha value is -0.970. The van der Waals surface area contributed by atoms with Gasteiger partial charge >= 0.3 is 0 Å². The van der Waals surface area contributed by atoms with Crippen LogP contribution in [0.5, 0.6) is 0 Å². The number of nitrogens with one attached hydrogen (secondary N) is 1. The summed E-state index contributed by atoms with van der Waals surface area (Å²) < 4.78 is 0. The van der Waals surface area contributed by atoms with E-state index in [4.69, 9.17) is 23.2 Å². The lowest BCUT2D eigenvalue weighted by atomic mass is 9.80.